The van der Waals surface area contributed by atoms with Crippen molar-refractivity contribution in [2.24, 2.45) is 0 Å². The Kier molecular flexibility index (Phi) is 5.46. The number of halogens is 1. The molecule has 0 unspecified atom stereocenters. The number of aryl methyl sites for hydroxylation is 1. The zero-order valence-corrected chi connectivity index (χ0v) is 15.1. The van der Waals surface area contributed by atoms with Gasteiger partial charge in [0.1, 0.15) is 5.52 Å². The Morgan fingerprint density at radius 1 is 1.22 bits per heavy atom. The summed E-state index contributed by atoms with van der Waals surface area (Å²) in [4.78, 5) is 36.4. The Hall–Kier alpha value is -3.26. The topological polar surface area (TPSA) is 103 Å². The molecular weight excluding hydrogens is 372 g/mol. The van der Waals surface area contributed by atoms with Gasteiger partial charge < -0.3 is 10.1 Å². The van der Waals surface area contributed by atoms with Crippen LogP contribution in [0.1, 0.15) is 16.8 Å². The summed E-state index contributed by atoms with van der Waals surface area (Å²) in [6.07, 6.45) is -0.0416. The van der Waals surface area contributed by atoms with Crippen molar-refractivity contribution < 1.29 is 14.3 Å². The van der Waals surface area contributed by atoms with E-state index in [1.165, 1.54) is 25.3 Å². The number of anilines is 1. The molecule has 0 atom stereocenters. The van der Waals surface area contributed by atoms with Crippen molar-refractivity contribution in [2.45, 2.75) is 13.0 Å². The third kappa shape index (κ3) is 4.12. The van der Waals surface area contributed by atoms with Gasteiger partial charge in [-0.15, -0.1) is 5.10 Å². The van der Waals surface area contributed by atoms with E-state index < -0.39 is 11.9 Å². The number of ether oxygens (including phenoxy) is 1. The van der Waals surface area contributed by atoms with E-state index in [2.05, 4.69) is 20.4 Å². The minimum Gasteiger partial charge on any atom is -0.465 e. The number of hydrogen-bond acceptors (Lipinski definition) is 6. The summed E-state index contributed by atoms with van der Waals surface area (Å²) >= 11 is 5.93. The van der Waals surface area contributed by atoms with Crippen molar-refractivity contribution in [3.8, 4) is 0 Å². The van der Waals surface area contributed by atoms with Crippen LogP contribution in [-0.2, 0) is 16.1 Å². The van der Waals surface area contributed by atoms with Crippen LogP contribution in [0.2, 0.25) is 5.02 Å². The van der Waals surface area contributed by atoms with E-state index in [4.69, 9.17) is 11.6 Å². The Bertz CT molecular complexity index is 1080. The zero-order valence-electron chi connectivity index (χ0n) is 14.3. The molecule has 27 heavy (non-hydrogen) atoms. The van der Waals surface area contributed by atoms with E-state index in [0.29, 0.717) is 15.9 Å². The maximum absolute atomic E-state index is 12.4. The van der Waals surface area contributed by atoms with Crippen molar-refractivity contribution in [2.75, 3.05) is 12.4 Å². The number of benzene rings is 2. The SMILES string of the molecule is COC(=O)c1ccc(Cl)cc1NC(=O)CCn1nnc2ccccc2c1=O. The average Bonchev–Trinajstić information content (AvgIpc) is 2.67. The van der Waals surface area contributed by atoms with Gasteiger partial charge in [0.15, 0.2) is 0 Å². The molecule has 1 aromatic heterocycles. The maximum Gasteiger partial charge on any atom is 0.339 e. The number of fused-ring (bicyclic) bond motifs is 1. The quantitative estimate of drug-likeness (QED) is 0.674. The number of rotatable bonds is 5. The number of nitrogens with zero attached hydrogens (tertiary/aromatic N) is 3. The smallest absolute Gasteiger partial charge is 0.339 e. The van der Waals surface area contributed by atoms with Crippen molar-refractivity contribution in [3.63, 3.8) is 0 Å². The van der Waals surface area contributed by atoms with Crippen molar-refractivity contribution in [3.05, 3.63) is 63.4 Å². The second-order valence-corrected chi connectivity index (χ2v) is 6.05. The van der Waals surface area contributed by atoms with Gasteiger partial charge in [0.25, 0.3) is 5.56 Å². The van der Waals surface area contributed by atoms with Crippen LogP contribution in [0.4, 0.5) is 5.69 Å². The van der Waals surface area contributed by atoms with Gasteiger partial charge in [-0.05, 0) is 30.3 Å². The molecule has 1 N–H and O–H groups in total. The summed E-state index contributed by atoms with van der Waals surface area (Å²) in [6, 6.07) is 11.3. The van der Waals surface area contributed by atoms with Crippen LogP contribution in [-0.4, -0.2) is 34.0 Å². The fraction of sp³-hybridized carbons (Fsp3) is 0.167. The summed E-state index contributed by atoms with van der Waals surface area (Å²) in [7, 11) is 1.24. The second-order valence-electron chi connectivity index (χ2n) is 5.61. The Morgan fingerprint density at radius 3 is 2.78 bits per heavy atom. The van der Waals surface area contributed by atoms with Crippen molar-refractivity contribution >= 4 is 40.1 Å². The fourth-order valence-corrected chi connectivity index (χ4v) is 2.67. The van der Waals surface area contributed by atoms with Crippen LogP contribution in [0.25, 0.3) is 10.9 Å². The molecule has 0 aliphatic heterocycles. The molecule has 9 heteroatoms. The third-order valence-corrected chi connectivity index (χ3v) is 4.08. The summed E-state index contributed by atoms with van der Waals surface area (Å²) in [6.45, 7) is 0.0383. The highest BCUT2D eigenvalue weighted by atomic mass is 35.5. The standard InChI is InChI=1S/C18H15ClN4O4/c1-27-18(26)13-7-6-11(19)10-15(13)20-16(24)8-9-23-17(25)12-4-2-3-5-14(12)21-22-23/h2-7,10H,8-9H2,1H3,(H,20,24). The Labute approximate surface area is 158 Å². The largest absolute Gasteiger partial charge is 0.465 e. The Balaban J connectivity index is 1.74. The van der Waals surface area contributed by atoms with Crippen LogP contribution in [0, 0.1) is 0 Å². The molecule has 0 radical (unpaired) electrons. The van der Waals surface area contributed by atoms with Gasteiger partial charge in [0.05, 0.1) is 30.3 Å². The van der Waals surface area contributed by atoms with E-state index in [9.17, 15) is 14.4 Å². The molecule has 138 valence electrons. The first-order valence-electron chi connectivity index (χ1n) is 8.00. The molecule has 1 heterocycles. The first kappa shape index (κ1) is 18.5. The number of hydrogen-bond donors (Lipinski definition) is 1. The van der Waals surface area contributed by atoms with E-state index >= 15 is 0 Å². The highest BCUT2D eigenvalue weighted by Gasteiger charge is 2.15. The highest BCUT2D eigenvalue weighted by molar-refractivity contribution is 6.31. The number of aromatic nitrogens is 3. The van der Waals surface area contributed by atoms with Gasteiger partial charge in [0.2, 0.25) is 5.91 Å². The van der Waals surface area contributed by atoms with Crippen LogP contribution in [0.15, 0.2) is 47.3 Å². The van der Waals surface area contributed by atoms with Gasteiger partial charge in [-0.25, -0.2) is 9.48 Å². The number of carbonyl (C=O) groups excluding carboxylic acids is 2. The summed E-state index contributed by atoms with van der Waals surface area (Å²) in [5.41, 5.74) is 0.575. The molecule has 2 aromatic carbocycles. The van der Waals surface area contributed by atoms with Gasteiger partial charge in [0, 0.05) is 11.4 Å². The fourth-order valence-electron chi connectivity index (χ4n) is 2.50. The molecule has 8 nitrogen and oxygen atoms in total. The summed E-state index contributed by atoms with van der Waals surface area (Å²) in [5.74, 6) is -1.01. The van der Waals surface area contributed by atoms with Crippen molar-refractivity contribution in [1.82, 2.24) is 15.0 Å². The minimum atomic E-state index is -0.599. The van der Waals surface area contributed by atoms with E-state index in [0.717, 1.165) is 4.68 Å². The van der Waals surface area contributed by atoms with Gasteiger partial charge in [-0.1, -0.05) is 28.9 Å². The lowest BCUT2D eigenvalue weighted by atomic mass is 10.1. The third-order valence-electron chi connectivity index (χ3n) is 3.84. The average molecular weight is 387 g/mol. The second kappa shape index (κ2) is 7.96. The number of nitrogens with one attached hydrogen (secondary N) is 1. The maximum atomic E-state index is 12.4. The molecule has 0 saturated carbocycles. The molecule has 3 aromatic rings. The molecule has 0 aliphatic carbocycles. The van der Waals surface area contributed by atoms with Gasteiger partial charge in [-0.2, -0.15) is 0 Å². The predicted molar refractivity (Wildman–Crippen MR) is 99.8 cm³/mol. The summed E-state index contributed by atoms with van der Waals surface area (Å²) < 4.78 is 5.81. The number of amides is 1. The molecule has 0 aliphatic rings. The van der Waals surface area contributed by atoms with Gasteiger partial charge in [-0.3, -0.25) is 9.59 Å². The summed E-state index contributed by atoms with van der Waals surface area (Å²) in [5, 5.41) is 11.2. The van der Waals surface area contributed by atoms with Crippen LogP contribution in [0.3, 0.4) is 0 Å². The molecule has 0 spiro atoms. The molecule has 0 saturated heterocycles. The van der Waals surface area contributed by atoms with Crippen LogP contribution < -0.4 is 10.9 Å². The van der Waals surface area contributed by atoms with Crippen molar-refractivity contribution in [1.29, 1.82) is 0 Å². The van der Waals surface area contributed by atoms with Crippen LogP contribution >= 0.6 is 11.6 Å². The first-order chi connectivity index (χ1) is 13.0. The minimum absolute atomic E-state index is 0.0383. The lowest BCUT2D eigenvalue weighted by Gasteiger charge is -2.10. The van der Waals surface area contributed by atoms with Gasteiger partial charge >= 0.3 is 5.97 Å². The number of methoxy groups -OCH3 is 1. The lowest BCUT2D eigenvalue weighted by Crippen LogP contribution is -2.26. The van der Waals surface area contributed by atoms with E-state index in [1.807, 2.05) is 0 Å². The number of carbonyl (C=O) groups is 2. The molecule has 0 fully saturated rings. The first-order valence-corrected chi connectivity index (χ1v) is 8.37. The van der Waals surface area contributed by atoms with Crippen LogP contribution in [0.5, 0.6) is 0 Å². The monoisotopic (exact) mass is 386 g/mol. The number of esters is 1. The Morgan fingerprint density at radius 2 is 2.00 bits per heavy atom. The normalized spacial score (nSPS) is 10.6. The van der Waals surface area contributed by atoms with E-state index in [1.54, 1.807) is 24.3 Å². The molecular formula is C18H15ClN4O4. The highest BCUT2D eigenvalue weighted by Crippen LogP contribution is 2.22. The van der Waals surface area contributed by atoms with E-state index in [-0.39, 0.29) is 29.8 Å². The zero-order chi connectivity index (χ0) is 19.4. The molecule has 0 bridgehead atoms. The molecule has 3 rings (SSSR count). The molecule has 1 amide bonds. The predicted octanol–water partition coefficient (Wildman–Crippen LogP) is 2.26. The lowest BCUT2D eigenvalue weighted by molar-refractivity contribution is -0.116.